The highest BCUT2D eigenvalue weighted by Crippen LogP contribution is 2.24. The van der Waals surface area contributed by atoms with Crippen molar-refractivity contribution in [3.05, 3.63) is 34.9 Å². The lowest BCUT2D eigenvalue weighted by Gasteiger charge is -2.34. The van der Waals surface area contributed by atoms with Crippen molar-refractivity contribution in [2.45, 2.75) is 24.7 Å². The van der Waals surface area contributed by atoms with Crippen LogP contribution in [0, 0.1) is 0 Å². The molecular formula is C15H19ClN2O3. The smallest absolute Gasteiger partial charge is 0.239 e. The fraction of sp³-hybridized carbons (Fsp3) is 0.533. The van der Waals surface area contributed by atoms with Crippen molar-refractivity contribution in [1.29, 1.82) is 0 Å². The van der Waals surface area contributed by atoms with Crippen molar-refractivity contribution in [3.63, 3.8) is 0 Å². The van der Waals surface area contributed by atoms with Gasteiger partial charge in [-0.3, -0.25) is 4.79 Å². The van der Waals surface area contributed by atoms with E-state index in [2.05, 4.69) is 5.32 Å². The van der Waals surface area contributed by atoms with Gasteiger partial charge >= 0.3 is 0 Å². The van der Waals surface area contributed by atoms with Crippen LogP contribution >= 0.6 is 11.6 Å². The molecule has 6 heteroatoms. The lowest BCUT2D eigenvalue weighted by atomic mass is 10.1. The molecule has 2 saturated heterocycles. The first kappa shape index (κ1) is 14.8. The summed E-state index contributed by atoms with van der Waals surface area (Å²) in [5.74, 6) is 0.0498. The second-order valence-corrected chi connectivity index (χ2v) is 5.98. The molecule has 114 valence electrons. The Balaban J connectivity index is 1.65. The molecule has 0 bridgehead atoms. The number of hydrogen-bond acceptors (Lipinski definition) is 4. The fourth-order valence-corrected chi connectivity index (χ4v) is 2.98. The van der Waals surface area contributed by atoms with Crippen LogP contribution in [-0.2, 0) is 9.53 Å². The second-order valence-electron chi connectivity index (χ2n) is 5.55. The van der Waals surface area contributed by atoms with Crippen LogP contribution in [0.1, 0.15) is 18.1 Å². The summed E-state index contributed by atoms with van der Waals surface area (Å²) in [4.78, 5) is 14.3. The number of β-amino-alcohol motifs (C(OH)–C–C–N with tert-alkyl or cyclic N) is 1. The summed E-state index contributed by atoms with van der Waals surface area (Å²) in [6.45, 7) is 2.14. The Hall–Kier alpha value is -1.14. The number of aliphatic hydroxyl groups excluding tert-OH is 1. The standard InChI is InChI=1S/C15H19ClN2O3/c16-11-3-1-10(2-4-11)14-9-18(5-6-21-14)15(20)13-7-12(19)8-17-13/h1-4,12-14,17,19H,5-9H2/t12-,13-,14-/m0/s1. The molecule has 0 aromatic heterocycles. The zero-order valence-electron chi connectivity index (χ0n) is 11.7. The number of amides is 1. The average molecular weight is 311 g/mol. The van der Waals surface area contributed by atoms with E-state index < -0.39 is 6.10 Å². The van der Waals surface area contributed by atoms with Crippen molar-refractivity contribution in [2.24, 2.45) is 0 Å². The maximum absolute atomic E-state index is 12.5. The summed E-state index contributed by atoms with van der Waals surface area (Å²) in [6.07, 6.45) is -0.0553. The summed E-state index contributed by atoms with van der Waals surface area (Å²) in [5, 5.41) is 13.3. The molecule has 2 N–H and O–H groups in total. The van der Waals surface area contributed by atoms with E-state index in [0.717, 1.165) is 5.56 Å². The van der Waals surface area contributed by atoms with Crippen LogP contribution in [-0.4, -0.2) is 54.3 Å². The van der Waals surface area contributed by atoms with Gasteiger partial charge in [0.1, 0.15) is 6.10 Å². The predicted octanol–water partition coefficient (Wildman–Crippen LogP) is 0.963. The number of nitrogens with zero attached hydrogens (tertiary/aromatic N) is 1. The molecule has 0 radical (unpaired) electrons. The highest BCUT2D eigenvalue weighted by Gasteiger charge is 2.34. The number of carbonyl (C=O) groups is 1. The maximum atomic E-state index is 12.5. The molecule has 2 aliphatic rings. The van der Waals surface area contributed by atoms with Crippen LogP contribution in [0.5, 0.6) is 0 Å². The van der Waals surface area contributed by atoms with Gasteiger partial charge in [-0.15, -0.1) is 0 Å². The SMILES string of the molecule is O=C([C@@H]1C[C@H](O)CN1)N1CCO[C@H](c2ccc(Cl)cc2)C1. The summed E-state index contributed by atoms with van der Waals surface area (Å²) in [6, 6.07) is 7.24. The molecule has 0 spiro atoms. The van der Waals surface area contributed by atoms with Gasteiger partial charge in [-0.05, 0) is 24.1 Å². The molecular weight excluding hydrogens is 292 g/mol. The van der Waals surface area contributed by atoms with Crippen molar-refractivity contribution in [1.82, 2.24) is 10.2 Å². The van der Waals surface area contributed by atoms with E-state index in [1.165, 1.54) is 0 Å². The average Bonchev–Trinajstić information content (AvgIpc) is 2.94. The molecule has 3 rings (SSSR count). The van der Waals surface area contributed by atoms with Crippen LogP contribution in [0.4, 0.5) is 0 Å². The molecule has 5 nitrogen and oxygen atoms in total. The number of hydrogen-bond donors (Lipinski definition) is 2. The van der Waals surface area contributed by atoms with E-state index in [1.54, 1.807) is 0 Å². The molecule has 0 aliphatic carbocycles. The number of nitrogens with one attached hydrogen (secondary N) is 1. The third kappa shape index (κ3) is 3.37. The van der Waals surface area contributed by atoms with Gasteiger partial charge in [-0.25, -0.2) is 0 Å². The van der Waals surface area contributed by atoms with Gasteiger partial charge < -0.3 is 20.1 Å². The highest BCUT2D eigenvalue weighted by molar-refractivity contribution is 6.30. The minimum atomic E-state index is -0.424. The molecule has 1 aromatic rings. The van der Waals surface area contributed by atoms with E-state index in [4.69, 9.17) is 16.3 Å². The molecule has 3 atom stereocenters. The van der Waals surface area contributed by atoms with Crippen LogP contribution in [0.3, 0.4) is 0 Å². The van der Waals surface area contributed by atoms with E-state index in [1.807, 2.05) is 29.2 Å². The van der Waals surface area contributed by atoms with Gasteiger partial charge in [0, 0.05) is 18.1 Å². The first-order valence-electron chi connectivity index (χ1n) is 7.21. The van der Waals surface area contributed by atoms with Crippen molar-refractivity contribution in [3.8, 4) is 0 Å². The van der Waals surface area contributed by atoms with Crippen molar-refractivity contribution < 1.29 is 14.6 Å². The van der Waals surface area contributed by atoms with E-state index in [0.29, 0.717) is 37.7 Å². The van der Waals surface area contributed by atoms with Gasteiger partial charge in [0.15, 0.2) is 0 Å². The van der Waals surface area contributed by atoms with E-state index >= 15 is 0 Å². The lowest BCUT2D eigenvalue weighted by Crippen LogP contribution is -2.49. The van der Waals surface area contributed by atoms with Crippen LogP contribution in [0.2, 0.25) is 5.02 Å². The number of rotatable bonds is 2. The summed E-state index contributed by atoms with van der Waals surface area (Å²) < 4.78 is 5.76. The quantitative estimate of drug-likeness (QED) is 0.854. The zero-order chi connectivity index (χ0) is 14.8. The Labute approximate surface area is 128 Å². The number of aliphatic hydroxyl groups is 1. The van der Waals surface area contributed by atoms with E-state index in [9.17, 15) is 9.90 Å². The van der Waals surface area contributed by atoms with Gasteiger partial charge in [0.05, 0.1) is 25.3 Å². The Morgan fingerprint density at radius 3 is 2.81 bits per heavy atom. The van der Waals surface area contributed by atoms with Gasteiger partial charge in [-0.1, -0.05) is 23.7 Å². The number of halogens is 1. The first-order valence-corrected chi connectivity index (χ1v) is 7.58. The lowest BCUT2D eigenvalue weighted by molar-refractivity contribution is -0.141. The molecule has 1 aromatic carbocycles. The summed E-state index contributed by atoms with van der Waals surface area (Å²) >= 11 is 5.89. The van der Waals surface area contributed by atoms with Gasteiger partial charge in [0.25, 0.3) is 0 Å². The molecule has 1 amide bonds. The van der Waals surface area contributed by atoms with Crippen molar-refractivity contribution in [2.75, 3.05) is 26.2 Å². The van der Waals surface area contributed by atoms with Crippen molar-refractivity contribution >= 4 is 17.5 Å². The molecule has 21 heavy (non-hydrogen) atoms. The number of morpholine rings is 1. The maximum Gasteiger partial charge on any atom is 0.239 e. The monoisotopic (exact) mass is 310 g/mol. The fourth-order valence-electron chi connectivity index (χ4n) is 2.85. The summed E-state index contributed by atoms with van der Waals surface area (Å²) in [7, 11) is 0. The Kier molecular flexibility index (Phi) is 4.45. The van der Waals surface area contributed by atoms with Gasteiger partial charge in [-0.2, -0.15) is 0 Å². The zero-order valence-corrected chi connectivity index (χ0v) is 12.4. The Bertz CT molecular complexity index is 508. The number of ether oxygens (including phenoxy) is 1. The van der Waals surface area contributed by atoms with Crippen LogP contribution < -0.4 is 5.32 Å². The van der Waals surface area contributed by atoms with Crippen LogP contribution in [0.15, 0.2) is 24.3 Å². The number of carbonyl (C=O) groups excluding carboxylic acids is 1. The normalized spacial score (nSPS) is 29.6. The first-order chi connectivity index (χ1) is 10.1. The van der Waals surface area contributed by atoms with Gasteiger partial charge in [0.2, 0.25) is 5.91 Å². The second kappa shape index (κ2) is 6.32. The Morgan fingerprint density at radius 1 is 1.38 bits per heavy atom. The third-order valence-corrected chi connectivity index (χ3v) is 4.28. The largest absolute Gasteiger partial charge is 0.392 e. The predicted molar refractivity (Wildman–Crippen MR) is 79.1 cm³/mol. The molecule has 0 saturated carbocycles. The molecule has 2 aliphatic heterocycles. The highest BCUT2D eigenvalue weighted by atomic mass is 35.5. The van der Waals surface area contributed by atoms with Crippen LogP contribution in [0.25, 0.3) is 0 Å². The summed E-state index contributed by atoms with van der Waals surface area (Å²) in [5.41, 5.74) is 1.02. The molecule has 2 heterocycles. The molecule has 0 unspecified atom stereocenters. The topological polar surface area (TPSA) is 61.8 Å². The number of benzene rings is 1. The van der Waals surface area contributed by atoms with E-state index in [-0.39, 0.29) is 18.1 Å². The third-order valence-electron chi connectivity index (χ3n) is 4.03. The minimum absolute atomic E-state index is 0.0498. The Morgan fingerprint density at radius 2 is 2.14 bits per heavy atom. The minimum Gasteiger partial charge on any atom is -0.392 e. The molecule has 2 fully saturated rings.